The molecule has 3 aromatic carbocycles. The molecular weight excluding hydrogens is 573 g/mol. The number of hydrogen-bond donors (Lipinski definition) is 1. The molecule has 3 aromatic rings. The van der Waals surface area contributed by atoms with E-state index in [1.54, 1.807) is 62.6 Å². The number of methoxy groups -OCH3 is 1. The van der Waals surface area contributed by atoms with Crippen molar-refractivity contribution < 1.29 is 31.9 Å². The molecule has 0 aliphatic heterocycles. The van der Waals surface area contributed by atoms with Crippen molar-refractivity contribution in [2.45, 2.75) is 51.6 Å². The van der Waals surface area contributed by atoms with Gasteiger partial charge < -0.3 is 19.7 Å². The monoisotopic (exact) mass is 613 g/mol. The van der Waals surface area contributed by atoms with Crippen molar-refractivity contribution in [2.75, 3.05) is 31.1 Å². The molecule has 0 aromatic heterocycles. The Balaban J connectivity index is 2.04. The highest BCUT2D eigenvalue weighted by Gasteiger charge is 2.33. The number of amides is 2. The summed E-state index contributed by atoms with van der Waals surface area (Å²) in [5.74, 6) is -0.134. The number of sulfonamides is 1. The van der Waals surface area contributed by atoms with Crippen LogP contribution in [0.15, 0.2) is 77.7 Å². The molecule has 0 bridgehead atoms. The number of carbonyl (C=O) groups is 2. The van der Waals surface area contributed by atoms with Crippen LogP contribution in [0.5, 0.6) is 11.5 Å². The number of ether oxygens (including phenoxy) is 2. The van der Waals surface area contributed by atoms with Gasteiger partial charge in [0.1, 0.15) is 29.9 Å². The van der Waals surface area contributed by atoms with Crippen LogP contribution in [0, 0.1) is 11.7 Å². The molecule has 0 saturated carbocycles. The lowest BCUT2D eigenvalue weighted by Crippen LogP contribution is -2.52. The first kappa shape index (κ1) is 33.4. The first-order chi connectivity index (χ1) is 20.5. The number of halogens is 1. The van der Waals surface area contributed by atoms with E-state index in [4.69, 9.17) is 9.47 Å². The topological polar surface area (TPSA) is 105 Å². The summed E-state index contributed by atoms with van der Waals surface area (Å²) >= 11 is 0. The summed E-state index contributed by atoms with van der Waals surface area (Å²) in [4.78, 5) is 28.7. The fourth-order valence-electron chi connectivity index (χ4n) is 4.41. The Morgan fingerprint density at radius 2 is 1.51 bits per heavy atom. The maximum absolute atomic E-state index is 14.1. The number of carbonyl (C=O) groups excluding carboxylic acids is 2. The van der Waals surface area contributed by atoms with Crippen molar-refractivity contribution in [1.82, 2.24) is 10.2 Å². The predicted molar refractivity (Wildman–Crippen MR) is 164 cm³/mol. The Kier molecular flexibility index (Phi) is 11.9. The third kappa shape index (κ3) is 8.93. The van der Waals surface area contributed by atoms with E-state index in [9.17, 15) is 22.4 Å². The molecule has 1 atom stereocenters. The van der Waals surface area contributed by atoms with E-state index in [0.29, 0.717) is 31.1 Å². The lowest BCUT2D eigenvalue weighted by Gasteiger charge is -2.33. The van der Waals surface area contributed by atoms with Crippen LogP contribution in [0.25, 0.3) is 0 Å². The highest BCUT2D eigenvalue weighted by Crippen LogP contribution is 2.27. The van der Waals surface area contributed by atoms with Crippen LogP contribution in [0.3, 0.4) is 0 Å². The first-order valence-electron chi connectivity index (χ1n) is 14.2. The van der Waals surface area contributed by atoms with Crippen LogP contribution < -0.4 is 19.1 Å². The molecule has 43 heavy (non-hydrogen) atoms. The first-order valence-corrected chi connectivity index (χ1v) is 15.6. The Labute approximate surface area is 253 Å². The number of rotatable bonds is 15. The minimum absolute atomic E-state index is 0.0597. The molecule has 0 heterocycles. The normalized spacial score (nSPS) is 12.0. The maximum atomic E-state index is 14.1. The largest absolute Gasteiger partial charge is 0.497 e. The summed E-state index contributed by atoms with van der Waals surface area (Å²) in [6.45, 7) is 7.88. The summed E-state index contributed by atoms with van der Waals surface area (Å²) in [5.41, 5.74) is 0.945. The van der Waals surface area contributed by atoms with Gasteiger partial charge in [-0.25, -0.2) is 12.8 Å². The zero-order valence-corrected chi connectivity index (χ0v) is 26.1. The molecule has 9 nitrogen and oxygen atoms in total. The van der Waals surface area contributed by atoms with Gasteiger partial charge in [-0.1, -0.05) is 32.9 Å². The number of nitrogens with one attached hydrogen (secondary N) is 1. The molecule has 0 aliphatic carbocycles. The van der Waals surface area contributed by atoms with E-state index < -0.39 is 34.3 Å². The van der Waals surface area contributed by atoms with E-state index in [1.165, 1.54) is 4.90 Å². The molecule has 11 heteroatoms. The molecule has 0 saturated heterocycles. The second-order valence-electron chi connectivity index (χ2n) is 10.3. The van der Waals surface area contributed by atoms with Gasteiger partial charge in [0.15, 0.2) is 0 Å². The van der Waals surface area contributed by atoms with Gasteiger partial charge in [0.25, 0.3) is 10.0 Å². The van der Waals surface area contributed by atoms with Crippen LogP contribution >= 0.6 is 0 Å². The summed E-state index contributed by atoms with van der Waals surface area (Å²) in [5, 5.41) is 2.90. The zero-order valence-electron chi connectivity index (χ0n) is 25.2. The summed E-state index contributed by atoms with van der Waals surface area (Å²) in [6.07, 6.45) is 0.305. The molecule has 1 N–H and O–H groups in total. The molecule has 232 valence electrons. The molecule has 0 aliphatic rings. The van der Waals surface area contributed by atoms with Crippen LogP contribution in [0.1, 0.15) is 39.7 Å². The van der Waals surface area contributed by atoms with Gasteiger partial charge in [-0.2, -0.15) is 0 Å². The van der Waals surface area contributed by atoms with Crippen molar-refractivity contribution in [2.24, 2.45) is 5.92 Å². The van der Waals surface area contributed by atoms with E-state index >= 15 is 0 Å². The molecule has 0 unspecified atom stereocenters. The Morgan fingerprint density at radius 1 is 0.907 bits per heavy atom. The van der Waals surface area contributed by atoms with E-state index in [2.05, 4.69) is 5.32 Å². The smallest absolute Gasteiger partial charge is 0.264 e. The minimum Gasteiger partial charge on any atom is -0.497 e. The summed E-state index contributed by atoms with van der Waals surface area (Å²) < 4.78 is 53.2. The molecule has 3 rings (SSSR count). The zero-order chi connectivity index (χ0) is 31.6. The van der Waals surface area contributed by atoms with Gasteiger partial charge in [0, 0.05) is 13.1 Å². The predicted octanol–water partition coefficient (Wildman–Crippen LogP) is 5.01. The molecule has 0 radical (unpaired) electrons. The van der Waals surface area contributed by atoms with Crippen molar-refractivity contribution >= 4 is 27.5 Å². The van der Waals surface area contributed by atoms with Crippen molar-refractivity contribution in [3.8, 4) is 11.5 Å². The number of benzene rings is 3. The average Bonchev–Trinajstić information content (AvgIpc) is 2.99. The van der Waals surface area contributed by atoms with Crippen LogP contribution in [0.4, 0.5) is 10.1 Å². The lowest BCUT2D eigenvalue weighted by molar-refractivity contribution is -0.140. The fourth-order valence-corrected chi connectivity index (χ4v) is 5.82. The Bertz CT molecular complexity index is 1450. The number of nitrogens with zero attached hydrogens (tertiary/aromatic N) is 2. The maximum Gasteiger partial charge on any atom is 0.264 e. The lowest BCUT2D eigenvalue weighted by atomic mass is 10.1. The molecule has 2 amide bonds. The highest BCUT2D eigenvalue weighted by molar-refractivity contribution is 7.92. The van der Waals surface area contributed by atoms with E-state index in [1.807, 2.05) is 20.8 Å². The molecular formula is C32H40FN3O6S. The standard InChI is InChI=1S/C32H40FN3O6S/c1-6-30(32(38)34-20-23(3)4)35(21-24-8-14-27(41-5)15-9-24)31(37)22-36(26-12-16-28(17-13-26)42-7-2)43(39,40)29-18-10-25(33)11-19-29/h8-19,23,30H,6-7,20-22H2,1-5H3,(H,34,38)/t30-/m0/s1. The second kappa shape index (κ2) is 15.4. The van der Waals surface area contributed by atoms with Crippen molar-refractivity contribution in [1.29, 1.82) is 0 Å². The van der Waals surface area contributed by atoms with Crippen molar-refractivity contribution in [3.63, 3.8) is 0 Å². The Morgan fingerprint density at radius 3 is 2.05 bits per heavy atom. The van der Waals surface area contributed by atoms with E-state index in [-0.39, 0.29) is 29.0 Å². The van der Waals surface area contributed by atoms with Gasteiger partial charge in [0.05, 0.1) is 24.3 Å². The van der Waals surface area contributed by atoms with Gasteiger partial charge in [-0.15, -0.1) is 0 Å². The molecule has 0 fully saturated rings. The average molecular weight is 614 g/mol. The third-order valence-corrected chi connectivity index (χ3v) is 8.49. The fraction of sp³-hybridized carbons (Fsp3) is 0.375. The van der Waals surface area contributed by atoms with Crippen LogP contribution in [-0.2, 0) is 26.2 Å². The van der Waals surface area contributed by atoms with E-state index in [0.717, 1.165) is 34.1 Å². The van der Waals surface area contributed by atoms with Gasteiger partial charge >= 0.3 is 0 Å². The number of hydrogen-bond acceptors (Lipinski definition) is 6. The SMILES string of the molecule is CCOc1ccc(N(CC(=O)N(Cc2ccc(OC)cc2)[C@@H](CC)C(=O)NCC(C)C)S(=O)(=O)c2ccc(F)cc2)cc1. The van der Waals surface area contributed by atoms with Crippen LogP contribution in [-0.4, -0.2) is 58.0 Å². The van der Waals surface area contributed by atoms with Gasteiger partial charge in [-0.3, -0.25) is 13.9 Å². The Hall–Kier alpha value is -4.12. The van der Waals surface area contributed by atoms with Crippen molar-refractivity contribution in [3.05, 3.63) is 84.2 Å². The summed E-state index contributed by atoms with van der Waals surface area (Å²) in [7, 11) is -2.77. The minimum atomic E-state index is -4.32. The highest BCUT2D eigenvalue weighted by atomic mass is 32.2. The third-order valence-electron chi connectivity index (χ3n) is 6.70. The second-order valence-corrected chi connectivity index (χ2v) is 12.2. The number of anilines is 1. The quantitative estimate of drug-likeness (QED) is 0.259. The molecule has 0 spiro atoms. The summed E-state index contributed by atoms with van der Waals surface area (Å²) in [6, 6.07) is 16.9. The van der Waals surface area contributed by atoms with Crippen LogP contribution in [0.2, 0.25) is 0 Å². The van der Waals surface area contributed by atoms with Gasteiger partial charge in [-0.05, 0) is 85.5 Å². The van der Waals surface area contributed by atoms with Gasteiger partial charge in [0.2, 0.25) is 11.8 Å².